The van der Waals surface area contributed by atoms with Crippen LogP contribution in [0.1, 0.15) is 50.2 Å². The number of piperidine rings is 1. The molecule has 2 amide bonds. The number of aliphatic hydroxyl groups is 1. The summed E-state index contributed by atoms with van der Waals surface area (Å²) in [6.07, 6.45) is 3.38. The van der Waals surface area contributed by atoms with Crippen molar-refractivity contribution >= 4 is 34.4 Å². The third-order valence-corrected chi connectivity index (χ3v) is 7.25. The van der Waals surface area contributed by atoms with Crippen LogP contribution in [0.2, 0.25) is 0 Å². The molecule has 1 aliphatic heterocycles. The monoisotopic (exact) mass is 508 g/mol. The first-order valence-corrected chi connectivity index (χ1v) is 12.7. The molecule has 0 saturated carbocycles. The molecule has 2 heterocycles. The number of amides is 2. The maximum atomic E-state index is 13.0. The van der Waals surface area contributed by atoms with Crippen molar-refractivity contribution in [2.75, 3.05) is 25.0 Å². The molecular weight excluding hydrogens is 479 g/mol. The van der Waals surface area contributed by atoms with E-state index in [0.717, 1.165) is 43.6 Å². The van der Waals surface area contributed by atoms with Gasteiger partial charge in [-0.3, -0.25) is 14.5 Å². The lowest BCUT2D eigenvalue weighted by molar-refractivity contribution is 0.0956. The molecule has 7 nitrogen and oxygen atoms in total. The summed E-state index contributed by atoms with van der Waals surface area (Å²) < 4.78 is 13.0. The van der Waals surface area contributed by atoms with Gasteiger partial charge in [-0.1, -0.05) is 24.3 Å². The van der Waals surface area contributed by atoms with Crippen LogP contribution in [-0.2, 0) is 6.54 Å². The zero-order valence-electron chi connectivity index (χ0n) is 20.0. The largest absolute Gasteiger partial charge is 0.396 e. The number of hydrazone groups is 1. The fourth-order valence-corrected chi connectivity index (χ4v) is 5.10. The lowest BCUT2D eigenvalue weighted by Crippen LogP contribution is -2.34. The maximum Gasteiger partial charge on any atom is 0.274 e. The van der Waals surface area contributed by atoms with E-state index in [4.69, 9.17) is 0 Å². The Kier molecular flexibility index (Phi) is 8.58. The zero-order chi connectivity index (χ0) is 25.5. The molecule has 0 bridgehead atoms. The summed E-state index contributed by atoms with van der Waals surface area (Å²) in [6.45, 7) is 4.64. The minimum Gasteiger partial charge on any atom is -0.396 e. The molecule has 0 aliphatic carbocycles. The first-order chi connectivity index (χ1) is 17.4. The van der Waals surface area contributed by atoms with E-state index in [1.54, 1.807) is 30.5 Å². The third-order valence-electron chi connectivity index (χ3n) is 6.24. The molecule has 9 heteroatoms. The van der Waals surface area contributed by atoms with Crippen molar-refractivity contribution in [3.63, 3.8) is 0 Å². The van der Waals surface area contributed by atoms with Crippen LogP contribution in [-0.4, -0.2) is 47.7 Å². The summed E-state index contributed by atoms with van der Waals surface area (Å²) in [5, 5.41) is 18.4. The van der Waals surface area contributed by atoms with Crippen molar-refractivity contribution in [1.29, 1.82) is 0 Å². The molecule has 1 aromatic heterocycles. The standard InChI is InChI=1S/C27H29FN4O3S/c1-18-17-36-27(24(18)26(35)31-29-14-19-5-7-23(28)8-6-19)30-25(34)22-4-2-3-21(13-22)15-32-11-9-20(16-33)10-12-32/h2-8,13-14,17,20,33H,9-12,15-16H2,1H3,(H,30,34)(H,31,35). The highest BCUT2D eigenvalue weighted by Crippen LogP contribution is 2.28. The highest BCUT2D eigenvalue weighted by Gasteiger charge is 2.21. The Bertz CT molecular complexity index is 1230. The third kappa shape index (κ3) is 6.63. The molecule has 0 atom stereocenters. The van der Waals surface area contributed by atoms with Crippen molar-refractivity contribution < 1.29 is 19.1 Å². The van der Waals surface area contributed by atoms with Gasteiger partial charge < -0.3 is 10.4 Å². The number of aryl methyl sites for hydroxylation is 1. The van der Waals surface area contributed by atoms with E-state index >= 15 is 0 Å². The smallest absolute Gasteiger partial charge is 0.274 e. The van der Waals surface area contributed by atoms with Gasteiger partial charge in [0.25, 0.3) is 11.8 Å². The normalized spacial score (nSPS) is 14.8. The Morgan fingerprint density at radius 3 is 2.64 bits per heavy atom. The molecular formula is C27H29FN4O3S. The second-order valence-corrected chi connectivity index (χ2v) is 9.81. The number of likely N-dealkylation sites (tertiary alicyclic amines) is 1. The Balaban J connectivity index is 1.39. The Hall–Kier alpha value is -3.40. The fraction of sp³-hybridized carbons (Fsp3) is 0.296. The number of halogens is 1. The van der Waals surface area contributed by atoms with Gasteiger partial charge in [0, 0.05) is 18.7 Å². The Morgan fingerprint density at radius 1 is 1.17 bits per heavy atom. The fourth-order valence-electron chi connectivity index (χ4n) is 4.16. The number of nitrogens with one attached hydrogen (secondary N) is 2. The van der Waals surface area contributed by atoms with E-state index in [2.05, 4.69) is 20.7 Å². The van der Waals surface area contributed by atoms with Gasteiger partial charge in [-0.05, 0) is 85.1 Å². The highest BCUT2D eigenvalue weighted by atomic mass is 32.1. The maximum absolute atomic E-state index is 13.0. The molecule has 3 N–H and O–H groups in total. The summed E-state index contributed by atoms with van der Waals surface area (Å²) in [6, 6.07) is 13.2. The highest BCUT2D eigenvalue weighted by molar-refractivity contribution is 7.15. The number of nitrogens with zero attached hydrogens (tertiary/aromatic N) is 2. The van der Waals surface area contributed by atoms with Crippen LogP contribution in [0, 0.1) is 18.7 Å². The summed E-state index contributed by atoms with van der Waals surface area (Å²) in [5.41, 5.74) is 5.76. The number of benzene rings is 2. The molecule has 1 aliphatic rings. The second kappa shape index (κ2) is 12.0. The molecule has 3 aromatic rings. The van der Waals surface area contributed by atoms with E-state index in [1.165, 1.54) is 29.7 Å². The van der Waals surface area contributed by atoms with Crippen LogP contribution >= 0.6 is 11.3 Å². The molecule has 1 fully saturated rings. The number of carbonyl (C=O) groups is 2. The zero-order valence-corrected chi connectivity index (χ0v) is 20.9. The molecule has 4 rings (SSSR count). The SMILES string of the molecule is Cc1csc(NC(=O)c2cccc(CN3CCC(CO)CC3)c2)c1C(=O)NN=Cc1ccc(F)cc1. The predicted octanol–water partition coefficient (Wildman–Crippen LogP) is 4.42. The van der Waals surface area contributed by atoms with Gasteiger partial charge >= 0.3 is 0 Å². The van der Waals surface area contributed by atoms with Crippen molar-refractivity contribution in [1.82, 2.24) is 10.3 Å². The number of hydrogen-bond acceptors (Lipinski definition) is 6. The molecule has 188 valence electrons. The van der Waals surface area contributed by atoms with E-state index in [0.29, 0.717) is 27.6 Å². The average molecular weight is 509 g/mol. The van der Waals surface area contributed by atoms with Gasteiger partial charge in [0.15, 0.2) is 0 Å². The molecule has 0 spiro atoms. The van der Waals surface area contributed by atoms with Gasteiger partial charge in [0.2, 0.25) is 0 Å². The van der Waals surface area contributed by atoms with E-state index in [-0.39, 0.29) is 18.3 Å². The first kappa shape index (κ1) is 25.7. The number of rotatable bonds is 8. The summed E-state index contributed by atoms with van der Waals surface area (Å²) in [4.78, 5) is 28.1. The van der Waals surface area contributed by atoms with Gasteiger partial charge in [-0.25, -0.2) is 9.82 Å². The number of anilines is 1. The minimum atomic E-state index is -0.442. The predicted molar refractivity (Wildman–Crippen MR) is 140 cm³/mol. The summed E-state index contributed by atoms with van der Waals surface area (Å²) in [5.74, 6) is -0.699. The topological polar surface area (TPSA) is 94.0 Å². The number of thiophene rings is 1. The van der Waals surface area contributed by atoms with E-state index in [1.807, 2.05) is 18.2 Å². The van der Waals surface area contributed by atoms with Gasteiger partial charge in [-0.2, -0.15) is 5.10 Å². The number of hydrogen-bond donors (Lipinski definition) is 3. The molecule has 1 saturated heterocycles. The van der Waals surface area contributed by atoms with Crippen molar-refractivity contribution in [3.8, 4) is 0 Å². The molecule has 2 aromatic carbocycles. The number of aliphatic hydroxyl groups excluding tert-OH is 1. The lowest BCUT2D eigenvalue weighted by atomic mass is 9.97. The van der Waals surface area contributed by atoms with Crippen LogP contribution in [0.25, 0.3) is 0 Å². The van der Waals surface area contributed by atoms with Crippen molar-refractivity contribution in [3.05, 3.63) is 87.5 Å². The first-order valence-electron chi connectivity index (χ1n) is 11.8. The average Bonchev–Trinajstić information content (AvgIpc) is 3.25. The van der Waals surface area contributed by atoms with Crippen LogP contribution in [0.4, 0.5) is 9.39 Å². The lowest BCUT2D eigenvalue weighted by Gasteiger charge is -2.31. The van der Waals surface area contributed by atoms with Crippen molar-refractivity contribution in [2.24, 2.45) is 11.0 Å². The molecule has 36 heavy (non-hydrogen) atoms. The van der Waals surface area contributed by atoms with E-state index < -0.39 is 5.91 Å². The molecule has 0 unspecified atom stereocenters. The van der Waals surface area contributed by atoms with Crippen LogP contribution in [0.5, 0.6) is 0 Å². The van der Waals surface area contributed by atoms with E-state index in [9.17, 15) is 19.1 Å². The van der Waals surface area contributed by atoms with Crippen molar-refractivity contribution in [2.45, 2.75) is 26.3 Å². The number of carbonyl (C=O) groups excluding carboxylic acids is 2. The van der Waals surface area contributed by atoms with Crippen LogP contribution < -0.4 is 10.7 Å². The second-order valence-electron chi connectivity index (χ2n) is 8.93. The summed E-state index contributed by atoms with van der Waals surface area (Å²) in [7, 11) is 0. The quantitative estimate of drug-likeness (QED) is 0.310. The summed E-state index contributed by atoms with van der Waals surface area (Å²) >= 11 is 1.28. The Morgan fingerprint density at radius 2 is 1.92 bits per heavy atom. The van der Waals surface area contributed by atoms with Gasteiger partial charge in [0.05, 0.1) is 11.8 Å². The minimum absolute atomic E-state index is 0.242. The molecule has 0 radical (unpaired) electrons. The van der Waals surface area contributed by atoms with Crippen LogP contribution in [0.3, 0.4) is 0 Å². The Labute approximate surface area is 213 Å². The van der Waals surface area contributed by atoms with Gasteiger partial charge in [0.1, 0.15) is 10.8 Å². The van der Waals surface area contributed by atoms with Gasteiger partial charge in [-0.15, -0.1) is 11.3 Å². The van der Waals surface area contributed by atoms with Crippen LogP contribution in [0.15, 0.2) is 59.0 Å².